The minimum atomic E-state index is -3.46. The van der Waals surface area contributed by atoms with Crippen molar-refractivity contribution >= 4 is 10.0 Å². The lowest BCUT2D eigenvalue weighted by Crippen LogP contribution is -2.31. The summed E-state index contributed by atoms with van der Waals surface area (Å²) in [4.78, 5) is 0.404. The molecule has 0 unspecified atom stereocenters. The number of hydrogen-bond donors (Lipinski definition) is 1. The van der Waals surface area contributed by atoms with Gasteiger partial charge in [-0.05, 0) is 37.0 Å². The van der Waals surface area contributed by atoms with E-state index in [-0.39, 0.29) is 0 Å². The molecule has 116 valence electrons. The van der Waals surface area contributed by atoms with Gasteiger partial charge in [-0.2, -0.15) is 4.31 Å². The first-order valence-electron chi connectivity index (χ1n) is 7.43. The molecule has 0 saturated heterocycles. The molecule has 4 nitrogen and oxygen atoms in total. The van der Waals surface area contributed by atoms with Crippen LogP contribution in [0.3, 0.4) is 0 Å². The monoisotopic (exact) mass is 308 g/mol. The number of rotatable bonds is 8. The normalized spacial score (nSPS) is 15.4. The number of benzene rings is 1. The van der Waals surface area contributed by atoms with E-state index in [0.29, 0.717) is 24.0 Å². The average molecular weight is 308 g/mol. The second kappa shape index (κ2) is 6.73. The van der Waals surface area contributed by atoms with Crippen molar-refractivity contribution < 1.29 is 8.42 Å². The number of sulfonamides is 1. The van der Waals surface area contributed by atoms with Crippen LogP contribution in [0.4, 0.5) is 0 Å². The number of nitrogens with one attached hydrogen (secondary N) is 1. The molecule has 0 aliphatic heterocycles. The van der Waals surface area contributed by atoms with Crippen LogP contribution in [-0.4, -0.2) is 31.9 Å². The molecule has 21 heavy (non-hydrogen) atoms. The molecule has 2 rings (SSSR count). The van der Waals surface area contributed by atoms with Crippen molar-refractivity contribution in [2.45, 2.75) is 44.2 Å². The van der Waals surface area contributed by atoms with Crippen LogP contribution in [0.5, 0.6) is 0 Å². The molecular formula is C16H24N2O2S. The maximum atomic E-state index is 12.7. The zero-order chi connectivity index (χ0) is 15.5. The number of hydrogen-bond acceptors (Lipinski definition) is 3. The molecular weight excluding hydrogens is 284 g/mol. The first-order valence-corrected chi connectivity index (χ1v) is 8.87. The summed E-state index contributed by atoms with van der Waals surface area (Å²) in [5, 5.41) is 3.41. The lowest BCUT2D eigenvalue weighted by atomic mass is 10.1. The third kappa shape index (κ3) is 3.93. The number of likely N-dealkylation sites (N-methyl/N-ethyl adjacent to an activating group) is 1. The van der Waals surface area contributed by atoms with E-state index < -0.39 is 10.0 Å². The molecule has 0 bridgehead atoms. The van der Waals surface area contributed by atoms with Crippen LogP contribution < -0.4 is 5.32 Å². The van der Waals surface area contributed by atoms with Gasteiger partial charge in [-0.1, -0.05) is 25.1 Å². The first kappa shape index (κ1) is 16.2. The van der Waals surface area contributed by atoms with E-state index in [2.05, 4.69) is 11.9 Å². The molecule has 0 atom stereocenters. The van der Waals surface area contributed by atoms with Crippen molar-refractivity contribution in [3.05, 3.63) is 42.0 Å². The highest BCUT2D eigenvalue weighted by atomic mass is 32.2. The van der Waals surface area contributed by atoms with Gasteiger partial charge >= 0.3 is 0 Å². The van der Waals surface area contributed by atoms with Crippen LogP contribution in [-0.2, 0) is 16.6 Å². The highest BCUT2D eigenvalue weighted by Gasteiger charge is 2.25. The van der Waals surface area contributed by atoms with Gasteiger partial charge in [-0.25, -0.2) is 8.42 Å². The second-order valence-corrected chi connectivity index (χ2v) is 7.41. The zero-order valence-electron chi connectivity index (χ0n) is 12.8. The molecule has 0 spiro atoms. The minimum absolute atomic E-state index is 0.336. The minimum Gasteiger partial charge on any atom is -0.310 e. The topological polar surface area (TPSA) is 49.4 Å². The molecule has 0 amide bonds. The molecule has 1 saturated carbocycles. The molecule has 1 aliphatic carbocycles. The smallest absolute Gasteiger partial charge is 0.243 e. The van der Waals surface area contributed by atoms with Crippen LogP contribution in [0.1, 0.15) is 30.9 Å². The third-order valence-electron chi connectivity index (χ3n) is 3.73. The lowest BCUT2D eigenvalue weighted by Gasteiger charge is -2.20. The van der Waals surface area contributed by atoms with Crippen molar-refractivity contribution in [3.63, 3.8) is 0 Å². The highest BCUT2D eigenvalue weighted by Crippen LogP contribution is 2.23. The fraction of sp³-hybridized carbons (Fsp3) is 0.500. The summed E-state index contributed by atoms with van der Waals surface area (Å²) in [7, 11) is -3.46. The van der Waals surface area contributed by atoms with Crippen molar-refractivity contribution in [3.8, 4) is 0 Å². The Morgan fingerprint density at radius 2 is 2.14 bits per heavy atom. The third-order valence-corrected chi connectivity index (χ3v) is 5.81. The van der Waals surface area contributed by atoms with Crippen molar-refractivity contribution in [2.75, 3.05) is 13.1 Å². The number of aryl methyl sites for hydroxylation is 1. The van der Waals surface area contributed by atoms with Crippen molar-refractivity contribution in [1.29, 1.82) is 0 Å². The van der Waals surface area contributed by atoms with Gasteiger partial charge in [-0.3, -0.25) is 0 Å². The largest absolute Gasteiger partial charge is 0.310 e. The molecule has 1 aromatic carbocycles. The SMILES string of the molecule is C=CCN(CC)S(=O)(=O)c1cc(CNC2CC2)ccc1C. The maximum absolute atomic E-state index is 12.7. The zero-order valence-corrected chi connectivity index (χ0v) is 13.6. The molecule has 1 fully saturated rings. The van der Waals surface area contributed by atoms with E-state index in [1.165, 1.54) is 17.1 Å². The Bertz CT molecular complexity index is 607. The summed E-state index contributed by atoms with van der Waals surface area (Å²) in [5.74, 6) is 0. The summed E-state index contributed by atoms with van der Waals surface area (Å²) in [6.45, 7) is 8.82. The van der Waals surface area contributed by atoms with Gasteiger partial charge in [0.15, 0.2) is 0 Å². The van der Waals surface area contributed by atoms with Gasteiger partial charge in [0.25, 0.3) is 0 Å². The Hall–Kier alpha value is -1.17. The Balaban J connectivity index is 2.26. The van der Waals surface area contributed by atoms with Gasteiger partial charge in [0, 0.05) is 25.7 Å². The molecule has 0 aromatic heterocycles. The van der Waals surface area contributed by atoms with Crippen LogP contribution in [0.15, 0.2) is 35.7 Å². The van der Waals surface area contributed by atoms with Crippen LogP contribution in [0, 0.1) is 6.92 Å². The van der Waals surface area contributed by atoms with E-state index >= 15 is 0 Å². The molecule has 5 heteroatoms. The Labute approximate surface area is 127 Å². The average Bonchev–Trinajstić information content (AvgIpc) is 3.27. The molecule has 0 radical (unpaired) electrons. The summed E-state index contributed by atoms with van der Waals surface area (Å²) in [6.07, 6.45) is 4.06. The van der Waals surface area contributed by atoms with Crippen LogP contribution in [0.25, 0.3) is 0 Å². The summed E-state index contributed by atoms with van der Waals surface area (Å²) in [5.41, 5.74) is 1.80. The van der Waals surface area contributed by atoms with Crippen LogP contribution >= 0.6 is 0 Å². The van der Waals surface area contributed by atoms with E-state index in [1.54, 1.807) is 12.1 Å². The summed E-state index contributed by atoms with van der Waals surface area (Å²) >= 11 is 0. The van der Waals surface area contributed by atoms with E-state index in [4.69, 9.17) is 0 Å². The fourth-order valence-corrected chi connectivity index (χ4v) is 3.96. The van der Waals surface area contributed by atoms with E-state index in [0.717, 1.165) is 17.7 Å². The molecule has 0 heterocycles. The predicted octanol–water partition coefficient (Wildman–Crippen LogP) is 2.44. The van der Waals surface area contributed by atoms with Gasteiger partial charge < -0.3 is 5.32 Å². The van der Waals surface area contributed by atoms with Crippen LogP contribution in [0.2, 0.25) is 0 Å². The van der Waals surface area contributed by atoms with E-state index in [1.807, 2.05) is 26.0 Å². The van der Waals surface area contributed by atoms with Gasteiger partial charge in [0.2, 0.25) is 10.0 Å². The second-order valence-electron chi connectivity index (χ2n) is 5.50. The number of nitrogens with zero attached hydrogens (tertiary/aromatic N) is 1. The van der Waals surface area contributed by atoms with Gasteiger partial charge in [0.05, 0.1) is 4.90 Å². The predicted molar refractivity (Wildman–Crippen MR) is 85.7 cm³/mol. The first-order chi connectivity index (χ1) is 9.98. The van der Waals surface area contributed by atoms with E-state index in [9.17, 15) is 8.42 Å². The molecule has 1 aromatic rings. The fourth-order valence-electron chi connectivity index (χ4n) is 2.26. The molecule has 1 aliphatic rings. The standard InChI is InChI=1S/C16H24N2O2S/c1-4-10-18(5-2)21(19,20)16-11-14(7-6-13(16)3)12-17-15-8-9-15/h4,6-7,11,15,17H,1,5,8-10,12H2,2-3H3. The van der Waals surface area contributed by atoms with Gasteiger partial charge in [0.1, 0.15) is 0 Å². The molecule has 1 N–H and O–H groups in total. The maximum Gasteiger partial charge on any atom is 0.243 e. The van der Waals surface area contributed by atoms with Gasteiger partial charge in [-0.15, -0.1) is 6.58 Å². The van der Waals surface area contributed by atoms with Crippen molar-refractivity contribution in [2.24, 2.45) is 0 Å². The summed E-state index contributed by atoms with van der Waals surface area (Å²) in [6, 6.07) is 6.29. The Kier molecular flexibility index (Phi) is 5.19. The summed E-state index contributed by atoms with van der Waals surface area (Å²) < 4.78 is 26.9. The lowest BCUT2D eigenvalue weighted by molar-refractivity contribution is 0.459. The Morgan fingerprint density at radius 1 is 1.43 bits per heavy atom. The van der Waals surface area contributed by atoms with Crippen molar-refractivity contribution in [1.82, 2.24) is 9.62 Å². The quantitative estimate of drug-likeness (QED) is 0.751. The Morgan fingerprint density at radius 3 is 2.71 bits per heavy atom. The highest BCUT2D eigenvalue weighted by molar-refractivity contribution is 7.89.